The van der Waals surface area contributed by atoms with Crippen LogP contribution in [0.25, 0.3) is 0 Å². The second-order valence-electron chi connectivity index (χ2n) is 4.94. The van der Waals surface area contributed by atoms with Crippen molar-refractivity contribution in [1.29, 1.82) is 0 Å². The summed E-state index contributed by atoms with van der Waals surface area (Å²) < 4.78 is 30.5. The monoisotopic (exact) mass is 377 g/mol. The van der Waals surface area contributed by atoms with Gasteiger partial charge in [0.1, 0.15) is 12.2 Å². The number of carbonyl (C=O) groups excluding carboxylic acids is 3. The highest BCUT2D eigenvalue weighted by Crippen LogP contribution is 2.09. The van der Waals surface area contributed by atoms with Crippen LogP contribution in [0.4, 0.5) is 0 Å². The minimum absolute atomic E-state index is 0.0450. The van der Waals surface area contributed by atoms with Crippen LogP contribution in [0.2, 0.25) is 0 Å². The number of methoxy groups -OCH3 is 1. The Labute approximate surface area is 149 Å². The van der Waals surface area contributed by atoms with Crippen molar-refractivity contribution in [2.75, 3.05) is 13.7 Å². The first kappa shape index (κ1) is 19.1. The molecule has 1 heterocycles. The Morgan fingerprint density at radius 2 is 1.73 bits per heavy atom. The van der Waals surface area contributed by atoms with E-state index in [1.165, 1.54) is 43.5 Å². The molecule has 0 unspecified atom stereocenters. The van der Waals surface area contributed by atoms with E-state index in [-0.39, 0.29) is 22.7 Å². The first-order valence-electron chi connectivity index (χ1n) is 7.27. The van der Waals surface area contributed by atoms with Gasteiger partial charge in [0.2, 0.25) is 0 Å². The lowest BCUT2D eigenvalue weighted by atomic mass is 10.2. The number of nitrogens with one attached hydrogen (secondary N) is 2. The van der Waals surface area contributed by atoms with Gasteiger partial charge >= 0.3 is 5.97 Å². The fraction of sp³-hybridized carbons (Fsp3) is 0.125. The normalized spacial score (nSPS) is 10.7. The Hall–Kier alpha value is -3.27. The quantitative estimate of drug-likeness (QED) is 0.683. The summed E-state index contributed by atoms with van der Waals surface area (Å²) in [6, 6.07) is 9.89. The molecule has 1 aromatic carbocycles. The number of carbonyl (C=O) groups is 3. The molecule has 0 spiro atoms. The third kappa shape index (κ3) is 4.86. The summed E-state index contributed by atoms with van der Waals surface area (Å²) in [7, 11) is -2.83. The topological polar surface area (TPSA) is 132 Å². The van der Waals surface area contributed by atoms with E-state index in [0.29, 0.717) is 0 Å². The number of rotatable bonds is 6. The minimum atomic E-state index is -4.01. The Morgan fingerprint density at radius 1 is 1.04 bits per heavy atom. The van der Waals surface area contributed by atoms with E-state index in [2.05, 4.69) is 15.0 Å². The number of hydrogen-bond donors (Lipinski definition) is 2. The highest BCUT2D eigenvalue weighted by atomic mass is 32.2. The molecule has 0 radical (unpaired) electrons. The average Bonchev–Trinajstić information content (AvgIpc) is 2.66. The van der Waals surface area contributed by atoms with Crippen LogP contribution >= 0.6 is 0 Å². The highest BCUT2D eigenvalue weighted by Gasteiger charge is 2.19. The molecule has 9 nitrogen and oxygen atoms in total. The summed E-state index contributed by atoms with van der Waals surface area (Å²) in [4.78, 5) is 38.6. The molecular weight excluding hydrogens is 362 g/mol. The van der Waals surface area contributed by atoms with E-state index >= 15 is 0 Å². The second-order valence-corrected chi connectivity index (χ2v) is 6.62. The summed E-state index contributed by atoms with van der Waals surface area (Å²) >= 11 is 0. The predicted molar refractivity (Wildman–Crippen MR) is 89.7 cm³/mol. The van der Waals surface area contributed by atoms with Gasteiger partial charge < -0.3 is 10.1 Å². The highest BCUT2D eigenvalue weighted by molar-refractivity contribution is 7.90. The molecule has 0 fully saturated rings. The van der Waals surface area contributed by atoms with Crippen LogP contribution in [0.15, 0.2) is 53.6 Å². The molecular formula is C16H15N3O6S. The Kier molecular flexibility index (Phi) is 6.02. The molecule has 2 rings (SSSR count). The number of hydrogen-bond acceptors (Lipinski definition) is 7. The number of ether oxygens (including phenoxy) is 1. The number of benzene rings is 1. The first-order valence-corrected chi connectivity index (χ1v) is 8.75. The molecule has 0 saturated carbocycles. The molecule has 2 N–H and O–H groups in total. The fourth-order valence-corrected chi connectivity index (χ4v) is 2.81. The first-order chi connectivity index (χ1) is 12.3. The standard InChI is InChI=1S/C16H15N3O6S/c1-25-14(20)10-18-16(22)13-8-7-11(9-17-13)15(21)19-26(23,24)12-5-3-2-4-6-12/h2-9H,10H2,1H3,(H,18,22)(H,19,21). The summed E-state index contributed by atoms with van der Waals surface area (Å²) in [6.45, 7) is -0.325. The minimum Gasteiger partial charge on any atom is -0.468 e. The average molecular weight is 377 g/mol. The maximum absolute atomic E-state index is 12.1. The zero-order valence-electron chi connectivity index (χ0n) is 13.6. The number of aromatic nitrogens is 1. The number of nitrogens with zero attached hydrogens (tertiary/aromatic N) is 1. The van der Waals surface area contributed by atoms with Gasteiger partial charge in [0, 0.05) is 6.20 Å². The maximum atomic E-state index is 12.1. The summed E-state index contributed by atoms with van der Waals surface area (Å²) in [5.74, 6) is -2.15. The Morgan fingerprint density at radius 3 is 2.31 bits per heavy atom. The SMILES string of the molecule is COC(=O)CNC(=O)c1ccc(C(=O)NS(=O)(=O)c2ccccc2)cn1. The lowest BCUT2D eigenvalue weighted by molar-refractivity contribution is -0.139. The van der Waals surface area contributed by atoms with Crippen molar-refractivity contribution in [3.8, 4) is 0 Å². The van der Waals surface area contributed by atoms with E-state index in [4.69, 9.17) is 0 Å². The third-order valence-corrected chi connectivity index (χ3v) is 4.51. The number of sulfonamides is 1. The molecule has 136 valence electrons. The van der Waals surface area contributed by atoms with Gasteiger partial charge in [0.15, 0.2) is 0 Å². The van der Waals surface area contributed by atoms with Gasteiger partial charge in [-0.05, 0) is 24.3 Å². The zero-order valence-corrected chi connectivity index (χ0v) is 14.4. The van der Waals surface area contributed by atoms with Crippen LogP contribution < -0.4 is 10.0 Å². The summed E-state index contributed by atoms with van der Waals surface area (Å²) in [6.07, 6.45) is 1.06. The zero-order chi connectivity index (χ0) is 19.2. The van der Waals surface area contributed by atoms with Gasteiger partial charge in [0.25, 0.3) is 21.8 Å². The second kappa shape index (κ2) is 8.21. The molecule has 26 heavy (non-hydrogen) atoms. The van der Waals surface area contributed by atoms with Gasteiger partial charge in [-0.15, -0.1) is 0 Å². The maximum Gasteiger partial charge on any atom is 0.325 e. The molecule has 2 aromatic rings. The van der Waals surface area contributed by atoms with E-state index < -0.39 is 27.8 Å². The number of amides is 2. The third-order valence-electron chi connectivity index (χ3n) is 3.16. The van der Waals surface area contributed by atoms with E-state index in [0.717, 1.165) is 6.20 Å². The predicted octanol–water partition coefficient (Wildman–Crippen LogP) is 0.103. The van der Waals surface area contributed by atoms with Crippen LogP contribution in [0, 0.1) is 0 Å². The van der Waals surface area contributed by atoms with E-state index in [1.807, 2.05) is 4.72 Å². The molecule has 0 bridgehead atoms. The van der Waals surface area contributed by atoms with Crippen LogP contribution in [0.1, 0.15) is 20.8 Å². The molecule has 0 saturated heterocycles. The molecule has 2 amide bonds. The number of esters is 1. The van der Waals surface area contributed by atoms with Crippen LogP contribution in [-0.4, -0.2) is 44.8 Å². The summed E-state index contributed by atoms with van der Waals surface area (Å²) in [5, 5.41) is 2.29. The van der Waals surface area contributed by atoms with Crippen LogP contribution in [-0.2, 0) is 19.6 Å². The van der Waals surface area contributed by atoms with Crippen molar-refractivity contribution in [3.63, 3.8) is 0 Å². The molecule has 10 heteroatoms. The van der Waals surface area contributed by atoms with Gasteiger partial charge in [-0.3, -0.25) is 19.4 Å². The summed E-state index contributed by atoms with van der Waals surface area (Å²) in [5.41, 5.74) is -0.0922. The van der Waals surface area contributed by atoms with Gasteiger partial charge in [-0.25, -0.2) is 13.1 Å². The van der Waals surface area contributed by atoms with Crippen molar-refractivity contribution < 1.29 is 27.5 Å². The van der Waals surface area contributed by atoms with Crippen molar-refractivity contribution in [2.45, 2.75) is 4.90 Å². The molecule has 0 aliphatic heterocycles. The van der Waals surface area contributed by atoms with E-state index in [1.54, 1.807) is 6.07 Å². The molecule has 0 aliphatic rings. The van der Waals surface area contributed by atoms with Gasteiger partial charge in [-0.1, -0.05) is 18.2 Å². The van der Waals surface area contributed by atoms with E-state index in [9.17, 15) is 22.8 Å². The Bertz CT molecular complexity index is 911. The van der Waals surface area contributed by atoms with Crippen LogP contribution in [0.3, 0.4) is 0 Å². The van der Waals surface area contributed by atoms with Crippen molar-refractivity contribution in [2.24, 2.45) is 0 Å². The van der Waals surface area contributed by atoms with Gasteiger partial charge in [-0.2, -0.15) is 0 Å². The van der Waals surface area contributed by atoms with Crippen molar-refractivity contribution in [1.82, 2.24) is 15.0 Å². The fourth-order valence-electron chi connectivity index (χ4n) is 1.82. The smallest absolute Gasteiger partial charge is 0.325 e. The van der Waals surface area contributed by atoms with Gasteiger partial charge in [0.05, 0.1) is 17.6 Å². The number of pyridine rings is 1. The van der Waals surface area contributed by atoms with Crippen molar-refractivity contribution >= 4 is 27.8 Å². The molecule has 0 atom stereocenters. The van der Waals surface area contributed by atoms with Crippen molar-refractivity contribution in [3.05, 3.63) is 59.9 Å². The largest absolute Gasteiger partial charge is 0.468 e. The lowest BCUT2D eigenvalue weighted by Gasteiger charge is -2.07. The lowest BCUT2D eigenvalue weighted by Crippen LogP contribution is -2.32. The van der Waals surface area contributed by atoms with Crippen LogP contribution in [0.5, 0.6) is 0 Å². The molecule has 1 aromatic heterocycles. The Balaban J connectivity index is 2.05. The molecule has 0 aliphatic carbocycles.